The standard InChI is InChI=1S/C46H35N7O19S5/c1-71-36-19-24(25-9-16-34(37(20-25)72-2)50-53-44-39(76(65,66)67)21-26-18-30(74(59,60)61)22-38(75(62,63)64)41(26)46(44)55)8-15-33(36)49-52-43-40(77(68,69)70)23-32-31(45(43)54)14-17-35(47-27-6-4-3-5-7-27)42(32)51-48-28-10-12-29(13-11-28)73(56,57)58/h3-23,47,54-55H,1-2H3,(H,56,57,58)(H,59,60,61)(H,62,63,64)(H,65,66,67)(H,68,69,70). The maximum Gasteiger partial charge on any atom is 0.296 e. The first-order valence-electron chi connectivity index (χ1n) is 21.1. The third-order valence-electron chi connectivity index (χ3n) is 11.1. The number of ether oxygens (including phenoxy) is 2. The van der Waals surface area contributed by atoms with E-state index in [1.807, 2.05) is 0 Å². The lowest BCUT2D eigenvalue weighted by Gasteiger charge is -2.14. The first-order chi connectivity index (χ1) is 36.1. The number of phenols is 2. The maximum absolute atomic E-state index is 13.0. The second-order valence-electron chi connectivity index (χ2n) is 16.0. The monoisotopic (exact) mass is 1150 g/mol. The summed E-state index contributed by atoms with van der Waals surface area (Å²) >= 11 is 0. The Balaban J connectivity index is 1.16. The van der Waals surface area contributed by atoms with Gasteiger partial charge in [-0.05, 0) is 114 Å². The largest absolute Gasteiger partial charge is 0.505 e. The van der Waals surface area contributed by atoms with Crippen LogP contribution < -0.4 is 14.8 Å². The van der Waals surface area contributed by atoms with E-state index in [0.29, 0.717) is 35.0 Å². The van der Waals surface area contributed by atoms with Gasteiger partial charge in [-0.3, -0.25) is 22.8 Å². The topological polar surface area (TPSA) is 417 Å². The van der Waals surface area contributed by atoms with Gasteiger partial charge in [0.25, 0.3) is 50.6 Å². The van der Waals surface area contributed by atoms with Crippen LogP contribution in [0.25, 0.3) is 32.7 Å². The Kier molecular flexibility index (Phi) is 14.7. The molecule has 8 rings (SSSR count). The Morgan fingerprint density at radius 3 is 1.44 bits per heavy atom. The number of methoxy groups -OCH3 is 2. The average Bonchev–Trinajstić information content (AvgIpc) is 3.37. The van der Waals surface area contributed by atoms with Gasteiger partial charge in [0.1, 0.15) is 54.6 Å². The van der Waals surface area contributed by atoms with Gasteiger partial charge in [0.05, 0.1) is 35.4 Å². The van der Waals surface area contributed by atoms with Crippen LogP contribution in [0.1, 0.15) is 0 Å². The molecule has 0 saturated heterocycles. The summed E-state index contributed by atoms with van der Waals surface area (Å²) in [6.07, 6.45) is 0. The number of phenolic OH excluding ortho intramolecular Hbond substituents is 2. The molecule has 0 saturated carbocycles. The highest BCUT2D eigenvalue weighted by molar-refractivity contribution is 7.87. The third kappa shape index (κ3) is 11.7. The van der Waals surface area contributed by atoms with Crippen LogP contribution in [0.4, 0.5) is 45.5 Å². The molecule has 0 fully saturated rings. The Labute approximate surface area is 436 Å². The van der Waals surface area contributed by atoms with Gasteiger partial charge in [-0.1, -0.05) is 30.3 Å². The first kappa shape index (κ1) is 54.9. The number of azo groups is 3. The van der Waals surface area contributed by atoms with Crippen molar-refractivity contribution in [2.45, 2.75) is 24.5 Å². The Bertz CT molecular complexity index is 4430. The minimum absolute atomic E-state index is 0.0254. The van der Waals surface area contributed by atoms with Gasteiger partial charge in [0, 0.05) is 21.8 Å². The molecule has 31 heteroatoms. The zero-order chi connectivity index (χ0) is 56.0. The van der Waals surface area contributed by atoms with Crippen LogP contribution in [0.15, 0.2) is 183 Å². The molecule has 0 aliphatic heterocycles. The number of anilines is 2. The van der Waals surface area contributed by atoms with Crippen molar-refractivity contribution in [2.75, 3.05) is 19.5 Å². The van der Waals surface area contributed by atoms with E-state index in [2.05, 4.69) is 36.0 Å². The van der Waals surface area contributed by atoms with Crippen molar-refractivity contribution in [1.82, 2.24) is 0 Å². The van der Waals surface area contributed by atoms with Crippen LogP contribution in [-0.2, 0) is 50.6 Å². The molecule has 0 unspecified atom stereocenters. The van der Waals surface area contributed by atoms with Crippen molar-refractivity contribution < 1.29 is 84.5 Å². The normalized spacial score (nSPS) is 12.8. The van der Waals surface area contributed by atoms with Crippen molar-refractivity contribution in [3.8, 4) is 34.1 Å². The molecule has 77 heavy (non-hydrogen) atoms. The number of rotatable bonds is 16. The van der Waals surface area contributed by atoms with Gasteiger partial charge >= 0.3 is 0 Å². The fourth-order valence-corrected chi connectivity index (χ4v) is 10.7. The Morgan fingerprint density at radius 1 is 0.429 bits per heavy atom. The molecule has 8 aromatic carbocycles. The number of benzene rings is 8. The zero-order valence-electron chi connectivity index (χ0n) is 38.9. The molecule has 0 spiro atoms. The Hall–Kier alpha value is -8.37. The smallest absolute Gasteiger partial charge is 0.296 e. The van der Waals surface area contributed by atoms with Crippen molar-refractivity contribution in [1.29, 1.82) is 0 Å². The summed E-state index contributed by atoms with van der Waals surface area (Å²) < 4.78 is 183. The molecule has 0 aliphatic carbocycles. The summed E-state index contributed by atoms with van der Waals surface area (Å²) in [6, 6.07) is 27.2. The van der Waals surface area contributed by atoms with Crippen LogP contribution in [0.3, 0.4) is 0 Å². The van der Waals surface area contributed by atoms with Crippen LogP contribution >= 0.6 is 0 Å². The number of fused-ring (bicyclic) bond motifs is 2. The molecule has 0 bridgehead atoms. The maximum atomic E-state index is 13.0. The number of nitrogens with one attached hydrogen (secondary N) is 1. The number of aromatic hydroxyl groups is 2. The Morgan fingerprint density at radius 2 is 0.935 bits per heavy atom. The molecule has 0 aromatic heterocycles. The fourth-order valence-electron chi connectivity index (χ4n) is 7.53. The molecule has 0 aliphatic rings. The second kappa shape index (κ2) is 20.6. The lowest BCUT2D eigenvalue weighted by Crippen LogP contribution is -2.06. The first-order valence-corrected chi connectivity index (χ1v) is 28.3. The van der Waals surface area contributed by atoms with E-state index in [-0.39, 0.29) is 50.7 Å². The molecule has 26 nitrogen and oxygen atoms in total. The SMILES string of the molecule is COc1cc(-c2ccc(N=Nc3c(S(=O)(=O)O)cc4cc(S(=O)(=O)O)cc(S(=O)(=O)O)c4c3O)c(OC)c2)ccc1N=Nc1c(S(=O)(=O)O)cc2c(N=Nc3ccc(S(=O)(=O)O)cc3)c(Nc3ccccc3)ccc2c1O. The van der Waals surface area contributed by atoms with Crippen LogP contribution in [0, 0.1) is 0 Å². The van der Waals surface area contributed by atoms with E-state index in [1.165, 1.54) is 74.9 Å². The molecular weight excluding hydrogens is 1110 g/mol. The van der Waals surface area contributed by atoms with Gasteiger partial charge in [0.2, 0.25) is 0 Å². The summed E-state index contributed by atoms with van der Waals surface area (Å²) in [6.45, 7) is 0. The van der Waals surface area contributed by atoms with Crippen molar-refractivity contribution >= 4 is 118 Å². The van der Waals surface area contributed by atoms with E-state index < -0.39 is 109 Å². The molecule has 0 atom stereocenters. The molecule has 398 valence electrons. The summed E-state index contributed by atoms with van der Waals surface area (Å²) in [5.74, 6) is -2.08. The van der Waals surface area contributed by atoms with Crippen LogP contribution in [0.2, 0.25) is 0 Å². The summed E-state index contributed by atoms with van der Waals surface area (Å²) in [7, 11) is -23.2. The minimum Gasteiger partial charge on any atom is -0.505 e. The molecule has 0 amide bonds. The third-order valence-corrected chi connectivity index (χ3v) is 15.4. The predicted octanol–water partition coefficient (Wildman–Crippen LogP) is 10.3. The van der Waals surface area contributed by atoms with E-state index in [4.69, 9.17) is 9.47 Å². The number of hydrogen-bond acceptors (Lipinski definition) is 21. The minimum atomic E-state index is -5.40. The number of para-hydroxylation sites is 1. The van der Waals surface area contributed by atoms with E-state index in [0.717, 1.165) is 18.2 Å². The van der Waals surface area contributed by atoms with Gasteiger partial charge < -0.3 is 25.0 Å². The highest BCUT2D eigenvalue weighted by atomic mass is 32.2. The number of hydrogen-bond donors (Lipinski definition) is 8. The second-order valence-corrected chi connectivity index (χ2v) is 23.0. The number of nitrogens with zero attached hydrogens (tertiary/aromatic N) is 6. The zero-order valence-corrected chi connectivity index (χ0v) is 43.0. The van der Waals surface area contributed by atoms with Gasteiger partial charge in [0.15, 0.2) is 11.5 Å². The van der Waals surface area contributed by atoms with Gasteiger partial charge in [-0.25, -0.2) is 0 Å². The lowest BCUT2D eigenvalue weighted by molar-refractivity contribution is 0.415. The summed E-state index contributed by atoms with van der Waals surface area (Å²) in [5.41, 5.74) is -0.256. The average molecular weight is 1150 g/mol. The molecule has 0 heterocycles. The van der Waals surface area contributed by atoms with E-state index in [1.54, 1.807) is 30.3 Å². The van der Waals surface area contributed by atoms with E-state index >= 15 is 0 Å². The van der Waals surface area contributed by atoms with Crippen molar-refractivity contribution in [3.63, 3.8) is 0 Å². The molecule has 8 aromatic rings. The highest BCUT2D eigenvalue weighted by Crippen LogP contribution is 2.49. The lowest BCUT2D eigenvalue weighted by atomic mass is 10.0. The van der Waals surface area contributed by atoms with Crippen molar-refractivity contribution in [2.24, 2.45) is 30.7 Å². The van der Waals surface area contributed by atoms with Crippen molar-refractivity contribution in [3.05, 3.63) is 127 Å². The van der Waals surface area contributed by atoms with Crippen LogP contribution in [0.5, 0.6) is 23.0 Å². The van der Waals surface area contributed by atoms with Crippen LogP contribution in [-0.4, -0.2) is 89.3 Å². The predicted molar refractivity (Wildman–Crippen MR) is 274 cm³/mol. The quantitative estimate of drug-likeness (QED) is 0.0329. The van der Waals surface area contributed by atoms with Gasteiger partial charge in [-0.2, -0.15) is 47.2 Å². The summed E-state index contributed by atoms with van der Waals surface area (Å²) in [5, 5.41) is 48.7. The summed E-state index contributed by atoms with van der Waals surface area (Å²) in [4.78, 5) is -4.92. The molecule has 8 N–H and O–H groups in total. The fraction of sp³-hybridized carbons (Fsp3) is 0.0435. The van der Waals surface area contributed by atoms with E-state index in [9.17, 15) is 75.1 Å². The highest BCUT2D eigenvalue weighted by Gasteiger charge is 2.29. The molecular formula is C46H35N7O19S5. The van der Waals surface area contributed by atoms with Gasteiger partial charge in [-0.15, -0.1) is 25.6 Å². The molecule has 0 radical (unpaired) electrons.